The van der Waals surface area contributed by atoms with Crippen molar-refractivity contribution in [1.29, 1.82) is 0 Å². The van der Waals surface area contributed by atoms with E-state index in [1.54, 1.807) is 0 Å². The molecule has 0 radical (unpaired) electrons. The van der Waals surface area contributed by atoms with Gasteiger partial charge in [0.2, 0.25) is 5.91 Å². The normalized spacial score (nSPS) is 19.8. The van der Waals surface area contributed by atoms with E-state index in [1.807, 2.05) is 6.07 Å². The highest BCUT2D eigenvalue weighted by atomic mass is 16.2. The average molecular weight is 274 g/mol. The summed E-state index contributed by atoms with van der Waals surface area (Å²) in [5.41, 5.74) is 1.31. The summed E-state index contributed by atoms with van der Waals surface area (Å²) >= 11 is 0. The topological polar surface area (TPSA) is 32.3 Å². The van der Waals surface area contributed by atoms with E-state index in [0.717, 1.165) is 38.9 Å². The predicted molar refractivity (Wildman–Crippen MR) is 82.6 cm³/mol. The molecule has 3 heteroatoms. The van der Waals surface area contributed by atoms with Crippen LogP contribution in [0.4, 0.5) is 0 Å². The minimum Gasteiger partial charge on any atom is -0.339 e. The number of carbonyl (C=O) groups is 1. The number of hydrogen-bond donors (Lipinski definition) is 1. The largest absolute Gasteiger partial charge is 0.339 e. The molecule has 1 saturated heterocycles. The second kappa shape index (κ2) is 7.44. The molecule has 0 bridgehead atoms. The van der Waals surface area contributed by atoms with Crippen LogP contribution in [0.5, 0.6) is 0 Å². The van der Waals surface area contributed by atoms with Crippen LogP contribution >= 0.6 is 0 Å². The highest BCUT2D eigenvalue weighted by Gasteiger charge is 2.29. The lowest BCUT2D eigenvalue weighted by molar-refractivity contribution is -0.137. The number of rotatable bonds is 6. The van der Waals surface area contributed by atoms with Gasteiger partial charge in [-0.2, -0.15) is 0 Å². The molecule has 2 rings (SSSR count). The second-order valence-electron chi connectivity index (χ2n) is 5.57. The van der Waals surface area contributed by atoms with E-state index in [9.17, 15) is 4.79 Å². The van der Waals surface area contributed by atoms with Gasteiger partial charge in [0.1, 0.15) is 0 Å². The van der Waals surface area contributed by atoms with Crippen molar-refractivity contribution in [3.05, 3.63) is 35.9 Å². The third kappa shape index (κ3) is 3.60. The van der Waals surface area contributed by atoms with Crippen molar-refractivity contribution in [2.75, 3.05) is 19.6 Å². The van der Waals surface area contributed by atoms with Crippen molar-refractivity contribution in [2.45, 2.75) is 39.2 Å². The van der Waals surface area contributed by atoms with E-state index >= 15 is 0 Å². The van der Waals surface area contributed by atoms with Crippen molar-refractivity contribution in [3.8, 4) is 0 Å². The zero-order chi connectivity index (χ0) is 14.4. The standard InChI is InChI=1S/C17H26N2O/c1-3-16(12-14-8-6-5-7-9-14)19(4-2)17(20)15-10-11-18-13-15/h5-9,15-16,18H,3-4,10-13H2,1-2H3. The van der Waals surface area contributed by atoms with Gasteiger partial charge < -0.3 is 10.2 Å². The van der Waals surface area contributed by atoms with Crippen molar-refractivity contribution >= 4 is 5.91 Å². The number of amides is 1. The fourth-order valence-electron chi connectivity index (χ4n) is 3.06. The molecule has 1 aromatic rings. The van der Waals surface area contributed by atoms with Gasteiger partial charge in [0.15, 0.2) is 0 Å². The van der Waals surface area contributed by atoms with E-state index in [0.29, 0.717) is 11.9 Å². The first-order valence-corrected chi connectivity index (χ1v) is 7.81. The molecule has 1 aliphatic heterocycles. The van der Waals surface area contributed by atoms with Gasteiger partial charge in [-0.3, -0.25) is 4.79 Å². The average Bonchev–Trinajstić information content (AvgIpc) is 3.02. The van der Waals surface area contributed by atoms with Crippen LogP contribution in [-0.2, 0) is 11.2 Å². The monoisotopic (exact) mass is 274 g/mol. The highest BCUT2D eigenvalue weighted by Crippen LogP contribution is 2.18. The summed E-state index contributed by atoms with van der Waals surface area (Å²) in [6.07, 6.45) is 2.95. The minimum atomic E-state index is 0.180. The molecular weight excluding hydrogens is 248 g/mol. The van der Waals surface area contributed by atoms with E-state index < -0.39 is 0 Å². The summed E-state index contributed by atoms with van der Waals surface area (Å²) in [6.45, 7) is 6.89. The summed E-state index contributed by atoms with van der Waals surface area (Å²) in [7, 11) is 0. The van der Waals surface area contributed by atoms with Gasteiger partial charge in [-0.1, -0.05) is 37.3 Å². The molecule has 1 amide bonds. The molecule has 0 aromatic heterocycles. The predicted octanol–water partition coefficient (Wildman–Crippen LogP) is 2.47. The molecule has 3 nitrogen and oxygen atoms in total. The second-order valence-corrected chi connectivity index (χ2v) is 5.57. The van der Waals surface area contributed by atoms with E-state index in [4.69, 9.17) is 0 Å². The Morgan fingerprint density at radius 1 is 1.35 bits per heavy atom. The molecule has 2 unspecified atom stereocenters. The van der Waals surface area contributed by atoms with Crippen molar-refractivity contribution < 1.29 is 4.79 Å². The Morgan fingerprint density at radius 2 is 2.10 bits per heavy atom. The maximum atomic E-state index is 12.7. The molecule has 0 aliphatic carbocycles. The zero-order valence-electron chi connectivity index (χ0n) is 12.6. The molecule has 0 saturated carbocycles. The van der Waals surface area contributed by atoms with Crippen LogP contribution in [-0.4, -0.2) is 36.5 Å². The highest BCUT2D eigenvalue weighted by molar-refractivity contribution is 5.79. The number of nitrogens with one attached hydrogen (secondary N) is 1. The zero-order valence-corrected chi connectivity index (χ0v) is 12.6. The van der Waals surface area contributed by atoms with Crippen LogP contribution in [0.25, 0.3) is 0 Å². The third-order valence-electron chi connectivity index (χ3n) is 4.26. The van der Waals surface area contributed by atoms with Crippen LogP contribution in [0.3, 0.4) is 0 Å². The number of hydrogen-bond acceptors (Lipinski definition) is 2. The number of carbonyl (C=O) groups excluding carboxylic acids is 1. The Balaban J connectivity index is 2.04. The van der Waals surface area contributed by atoms with Crippen LogP contribution in [0.1, 0.15) is 32.3 Å². The maximum Gasteiger partial charge on any atom is 0.227 e. The lowest BCUT2D eigenvalue weighted by atomic mass is 9.99. The van der Waals surface area contributed by atoms with Crippen LogP contribution < -0.4 is 5.32 Å². The van der Waals surface area contributed by atoms with E-state index in [-0.39, 0.29) is 5.92 Å². The van der Waals surface area contributed by atoms with Crippen molar-refractivity contribution in [3.63, 3.8) is 0 Å². The smallest absolute Gasteiger partial charge is 0.227 e. The number of nitrogens with zero attached hydrogens (tertiary/aromatic N) is 1. The summed E-state index contributed by atoms with van der Waals surface area (Å²) in [5.74, 6) is 0.514. The molecule has 1 N–H and O–H groups in total. The molecule has 0 spiro atoms. The van der Waals surface area contributed by atoms with Gasteiger partial charge in [-0.05, 0) is 38.3 Å². The molecule has 1 aliphatic rings. The maximum absolute atomic E-state index is 12.7. The lowest BCUT2D eigenvalue weighted by Gasteiger charge is -2.32. The lowest BCUT2D eigenvalue weighted by Crippen LogP contribution is -2.44. The third-order valence-corrected chi connectivity index (χ3v) is 4.26. The SMILES string of the molecule is CCC(Cc1ccccc1)N(CC)C(=O)C1CCNC1. The summed E-state index contributed by atoms with van der Waals surface area (Å²) in [4.78, 5) is 14.7. The van der Waals surface area contributed by atoms with Crippen molar-refractivity contribution in [1.82, 2.24) is 10.2 Å². The van der Waals surface area contributed by atoms with Gasteiger partial charge in [-0.25, -0.2) is 0 Å². The van der Waals surface area contributed by atoms with Gasteiger partial charge in [0, 0.05) is 19.1 Å². The molecular formula is C17H26N2O. The quantitative estimate of drug-likeness (QED) is 0.864. The molecule has 1 aromatic carbocycles. The first kappa shape index (κ1) is 15.0. The van der Waals surface area contributed by atoms with Crippen LogP contribution in [0.15, 0.2) is 30.3 Å². The fraction of sp³-hybridized carbons (Fsp3) is 0.588. The van der Waals surface area contributed by atoms with Crippen LogP contribution in [0, 0.1) is 5.92 Å². The first-order valence-electron chi connectivity index (χ1n) is 7.81. The van der Waals surface area contributed by atoms with Crippen molar-refractivity contribution in [2.24, 2.45) is 5.92 Å². The Labute approximate surface area is 122 Å². The molecule has 110 valence electrons. The van der Waals surface area contributed by atoms with Gasteiger partial charge in [0.25, 0.3) is 0 Å². The molecule has 20 heavy (non-hydrogen) atoms. The summed E-state index contributed by atoms with van der Waals surface area (Å²) in [5, 5.41) is 3.29. The summed E-state index contributed by atoms with van der Waals surface area (Å²) in [6, 6.07) is 10.8. The van der Waals surface area contributed by atoms with E-state index in [2.05, 4.69) is 48.3 Å². The Hall–Kier alpha value is -1.35. The number of likely N-dealkylation sites (N-methyl/N-ethyl adjacent to an activating group) is 1. The Kier molecular flexibility index (Phi) is 5.60. The minimum absolute atomic E-state index is 0.180. The summed E-state index contributed by atoms with van der Waals surface area (Å²) < 4.78 is 0. The first-order chi connectivity index (χ1) is 9.76. The van der Waals surface area contributed by atoms with E-state index in [1.165, 1.54) is 5.56 Å². The van der Waals surface area contributed by atoms with Crippen LogP contribution in [0.2, 0.25) is 0 Å². The van der Waals surface area contributed by atoms with Gasteiger partial charge >= 0.3 is 0 Å². The fourth-order valence-corrected chi connectivity index (χ4v) is 3.06. The molecule has 1 fully saturated rings. The molecule has 1 heterocycles. The Morgan fingerprint density at radius 3 is 2.65 bits per heavy atom. The molecule has 2 atom stereocenters. The number of benzene rings is 1. The Bertz CT molecular complexity index is 412. The van der Waals surface area contributed by atoms with Gasteiger partial charge in [0.05, 0.1) is 5.92 Å². The van der Waals surface area contributed by atoms with Gasteiger partial charge in [-0.15, -0.1) is 0 Å².